The minimum absolute atomic E-state index is 0.0128. The number of carbonyl (C=O) groups excluding carboxylic acids is 2. The molecular weight excluding hydrogens is 332 g/mol. The van der Waals surface area contributed by atoms with Gasteiger partial charge in [0.15, 0.2) is 0 Å². The smallest absolute Gasteiger partial charge is 0.229 e. The van der Waals surface area contributed by atoms with Crippen molar-refractivity contribution in [2.24, 2.45) is 0 Å². The van der Waals surface area contributed by atoms with Crippen LogP contribution in [-0.4, -0.2) is 80.5 Å². The molecule has 2 fully saturated rings. The van der Waals surface area contributed by atoms with E-state index in [0.717, 1.165) is 63.9 Å². The molecule has 0 N–H and O–H groups in total. The van der Waals surface area contributed by atoms with Crippen LogP contribution < -0.4 is 0 Å². The normalized spacial score (nSPS) is 22.7. The summed E-state index contributed by atoms with van der Waals surface area (Å²) in [7, 11) is 0. The lowest BCUT2D eigenvalue weighted by molar-refractivity contribution is -0.138. The van der Waals surface area contributed by atoms with Gasteiger partial charge in [-0.25, -0.2) is 0 Å². The van der Waals surface area contributed by atoms with Gasteiger partial charge in [-0.15, -0.1) is 10.2 Å². The van der Waals surface area contributed by atoms with Crippen LogP contribution in [0.25, 0.3) is 0 Å². The molecule has 1 aromatic rings. The molecule has 3 aliphatic rings. The molecular formula is C18H28N6O2. The summed E-state index contributed by atoms with van der Waals surface area (Å²) in [5.41, 5.74) is 0. The van der Waals surface area contributed by atoms with Gasteiger partial charge >= 0.3 is 0 Å². The number of piperazine rings is 1. The summed E-state index contributed by atoms with van der Waals surface area (Å²) >= 11 is 0. The second kappa shape index (κ2) is 7.84. The van der Waals surface area contributed by atoms with Gasteiger partial charge in [-0.05, 0) is 12.8 Å². The summed E-state index contributed by atoms with van der Waals surface area (Å²) in [6.07, 6.45) is 5.54. The first-order valence-electron chi connectivity index (χ1n) is 9.89. The monoisotopic (exact) mass is 360 g/mol. The van der Waals surface area contributed by atoms with Crippen LogP contribution in [0.15, 0.2) is 0 Å². The summed E-state index contributed by atoms with van der Waals surface area (Å²) in [5.74, 6) is 2.22. The van der Waals surface area contributed by atoms with Crippen molar-refractivity contribution in [1.29, 1.82) is 0 Å². The number of nitrogens with zero attached hydrogens (tertiary/aromatic N) is 6. The van der Waals surface area contributed by atoms with Crippen molar-refractivity contribution in [3.8, 4) is 0 Å². The van der Waals surface area contributed by atoms with Crippen LogP contribution in [0.4, 0.5) is 0 Å². The standard InChI is InChI=1S/C18H28N6O2/c25-17-5-6-18(26)24(17)13-12-21-8-10-22(11-9-21)14-16-20-19-15-4-2-1-3-7-23(15)16/h1-14H2. The lowest BCUT2D eigenvalue weighted by Gasteiger charge is -2.35. The van der Waals surface area contributed by atoms with E-state index in [9.17, 15) is 9.59 Å². The van der Waals surface area contributed by atoms with E-state index in [-0.39, 0.29) is 11.8 Å². The minimum atomic E-state index is -0.0128. The molecule has 8 nitrogen and oxygen atoms in total. The van der Waals surface area contributed by atoms with Crippen molar-refractivity contribution in [3.05, 3.63) is 11.6 Å². The largest absolute Gasteiger partial charge is 0.314 e. The lowest BCUT2D eigenvalue weighted by Crippen LogP contribution is -2.48. The summed E-state index contributed by atoms with van der Waals surface area (Å²) in [4.78, 5) is 29.6. The third kappa shape index (κ3) is 3.81. The van der Waals surface area contributed by atoms with E-state index >= 15 is 0 Å². The van der Waals surface area contributed by atoms with Gasteiger partial charge in [-0.1, -0.05) is 6.42 Å². The Labute approximate surface area is 154 Å². The predicted molar refractivity (Wildman–Crippen MR) is 95.2 cm³/mol. The van der Waals surface area contributed by atoms with Gasteiger partial charge in [-0.3, -0.25) is 24.3 Å². The number of hydrogen-bond acceptors (Lipinski definition) is 6. The molecule has 1 aromatic heterocycles. The van der Waals surface area contributed by atoms with Gasteiger partial charge < -0.3 is 4.57 Å². The number of carbonyl (C=O) groups is 2. The average molecular weight is 360 g/mol. The van der Waals surface area contributed by atoms with Crippen molar-refractivity contribution in [2.45, 2.75) is 51.6 Å². The predicted octanol–water partition coefficient (Wildman–Crippen LogP) is 0.271. The molecule has 4 heterocycles. The van der Waals surface area contributed by atoms with E-state index in [4.69, 9.17) is 0 Å². The van der Waals surface area contributed by atoms with Crippen molar-refractivity contribution in [1.82, 2.24) is 29.5 Å². The second-order valence-corrected chi connectivity index (χ2v) is 7.55. The van der Waals surface area contributed by atoms with Crippen LogP contribution in [0.3, 0.4) is 0 Å². The zero-order valence-electron chi connectivity index (χ0n) is 15.4. The number of hydrogen-bond donors (Lipinski definition) is 0. The Hall–Kier alpha value is -1.80. The number of likely N-dealkylation sites (tertiary alicyclic amines) is 1. The van der Waals surface area contributed by atoms with E-state index in [1.54, 1.807) is 0 Å². The number of fused-ring (bicyclic) bond motifs is 1. The molecule has 4 rings (SSSR count). The molecule has 0 aromatic carbocycles. The van der Waals surface area contributed by atoms with E-state index in [1.165, 1.54) is 24.2 Å². The van der Waals surface area contributed by atoms with E-state index in [0.29, 0.717) is 19.4 Å². The zero-order chi connectivity index (χ0) is 17.9. The third-order valence-electron chi connectivity index (χ3n) is 5.81. The summed E-state index contributed by atoms with van der Waals surface area (Å²) < 4.78 is 2.32. The highest BCUT2D eigenvalue weighted by Gasteiger charge is 2.29. The maximum atomic E-state index is 11.7. The fourth-order valence-corrected chi connectivity index (χ4v) is 4.15. The summed E-state index contributed by atoms with van der Waals surface area (Å²) in [6, 6.07) is 0. The first-order chi connectivity index (χ1) is 12.7. The van der Waals surface area contributed by atoms with Crippen LogP contribution >= 0.6 is 0 Å². The van der Waals surface area contributed by atoms with Crippen LogP contribution in [0, 0.1) is 0 Å². The highest BCUT2D eigenvalue weighted by molar-refractivity contribution is 6.01. The summed E-state index contributed by atoms with van der Waals surface area (Å²) in [6.45, 7) is 7.16. The van der Waals surface area contributed by atoms with Gasteiger partial charge in [0.25, 0.3) is 0 Å². The second-order valence-electron chi connectivity index (χ2n) is 7.55. The molecule has 0 unspecified atom stereocenters. The van der Waals surface area contributed by atoms with Gasteiger partial charge in [0.2, 0.25) is 11.8 Å². The van der Waals surface area contributed by atoms with Gasteiger partial charge in [0.1, 0.15) is 11.6 Å². The van der Waals surface area contributed by atoms with Gasteiger partial charge in [0.05, 0.1) is 6.54 Å². The molecule has 26 heavy (non-hydrogen) atoms. The molecule has 8 heteroatoms. The fourth-order valence-electron chi connectivity index (χ4n) is 4.15. The molecule has 0 bridgehead atoms. The number of rotatable bonds is 5. The molecule has 0 spiro atoms. The molecule has 2 amide bonds. The molecule has 0 atom stereocenters. The third-order valence-corrected chi connectivity index (χ3v) is 5.81. The quantitative estimate of drug-likeness (QED) is 0.702. The first-order valence-corrected chi connectivity index (χ1v) is 9.89. The maximum absolute atomic E-state index is 11.7. The van der Waals surface area contributed by atoms with Crippen LogP contribution in [0.1, 0.15) is 43.8 Å². The number of aromatic nitrogens is 3. The molecule has 3 aliphatic heterocycles. The van der Waals surface area contributed by atoms with Crippen molar-refractivity contribution in [2.75, 3.05) is 39.3 Å². The van der Waals surface area contributed by atoms with Crippen molar-refractivity contribution < 1.29 is 9.59 Å². The molecule has 0 saturated carbocycles. The van der Waals surface area contributed by atoms with Gasteiger partial charge in [0, 0.05) is 65.1 Å². The van der Waals surface area contributed by atoms with Crippen LogP contribution in [-0.2, 0) is 29.1 Å². The van der Waals surface area contributed by atoms with E-state index in [1.807, 2.05) is 0 Å². The van der Waals surface area contributed by atoms with Gasteiger partial charge in [-0.2, -0.15) is 0 Å². The average Bonchev–Trinajstić information content (AvgIpc) is 3.07. The molecule has 0 radical (unpaired) electrons. The van der Waals surface area contributed by atoms with E-state index in [2.05, 4.69) is 24.6 Å². The Morgan fingerprint density at radius 3 is 2.23 bits per heavy atom. The number of aryl methyl sites for hydroxylation is 1. The summed E-state index contributed by atoms with van der Waals surface area (Å²) in [5, 5.41) is 8.83. The number of imide groups is 1. The highest BCUT2D eigenvalue weighted by atomic mass is 16.2. The van der Waals surface area contributed by atoms with Crippen molar-refractivity contribution in [3.63, 3.8) is 0 Å². The Bertz CT molecular complexity index is 649. The minimum Gasteiger partial charge on any atom is -0.314 e. The maximum Gasteiger partial charge on any atom is 0.229 e. The Morgan fingerprint density at radius 1 is 0.731 bits per heavy atom. The zero-order valence-corrected chi connectivity index (χ0v) is 15.4. The highest BCUT2D eigenvalue weighted by Crippen LogP contribution is 2.16. The topological polar surface area (TPSA) is 74.6 Å². The van der Waals surface area contributed by atoms with E-state index < -0.39 is 0 Å². The SMILES string of the molecule is O=C1CCC(=O)N1CCN1CCN(Cc2nnc3n2CCCCC3)CC1. The Morgan fingerprint density at radius 2 is 1.46 bits per heavy atom. The van der Waals surface area contributed by atoms with Crippen LogP contribution in [0.2, 0.25) is 0 Å². The first kappa shape index (κ1) is 17.6. The molecule has 142 valence electrons. The fraction of sp³-hybridized carbons (Fsp3) is 0.778. The number of amides is 2. The van der Waals surface area contributed by atoms with Crippen LogP contribution in [0.5, 0.6) is 0 Å². The lowest BCUT2D eigenvalue weighted by atomic mass is 10.2. The molecule has 2 saturated heterocycles. The molecule has 0 aliphatic carbocycles. The van der Waals surface area contributed by atoms with Crippen molar-refractivity contribution >= 4 is 11.8 Å². The Kier molecular flexibility index (Phi) is 5.31. The Balaban J connectivity index is 1.25.